The van der Waals surface area contributed by atoms with Gasteiger partial charge in [-0.25, -0.2) is 0 Å². The summed E-state index contributed by atoms with van der Waals surface area (Å²) in [6.45, 7) is 4.55. The van der Waals surface area contributed by atoms with Gasteiger partial charge in [-0.15, -0.1) is 0 Å². The molecule has 1 nitrogen and oxygen atoms in total. The number of hydrogen-bond acceptors (Lipinski definition) is 1. The Labute approximate surface area is 76.2 Å². The minimum atomic E-state index is 0.0101. The zero-order valence-corrected chi connectivity index (χ0v) is 8.42. The van der Waals surface area contributed by atoms with E-state index in [2.05, 4.69) is 13.8 Å². The molecule has 0 bridgehead atoms. The monoisotopic (exact) mass is 170 g/mol. The van der Waals surface area contributed by atoms with Crippen molar-refractivity contribution in [3.8, 4) is 0 Å². The topological polar surface area (TPSA) is 20.2 Å². The second kappa shape index (κ2) is 4.86. The Morgan fingerprint density at radius 3 is 2.67 bits per heavy atom. The van der Waals surface area contributed by atoms with Gasteiger partial charge >= 0.3 is 0 Å². The zero-order chi connectivity index (χ0) is 8.97. The summed E-state index contributed by atoms with van der Waals surface area (Å²) >= 11 is 0. The standard InChI is InChI=1S/C11H22O/c1-9(2)6-7-10-4-3-5-11(12)8-10/h9-12H,3-8H2,1-2H3/t10-,11-/m1/s1. The predicted molar refractivity (Wildman–Crippen MR) is 52.0 cm³/mol. The van der Waals surface area contributed by atoms with Crippen molar-refractivity contribution < 1.29 is 5.11 Å². The van der Waals surface area contributed by atoms with Crippen molar-refractivity contribution in [2.45, 2.75) is 58.5 Å². The molecular weight excluding hydrogens is 148 g/mol. The molecule has 0 aliphatic heterocycles. The summed E-state index contributed by atoms with van der Waals surface area (Å²) in [5.41, 5.74) is 0. The maximum absolute atomic E-state index is 9.44. The van der Waals surface area contributed by atoms with Crippen LogP contribution in [0.5, 0.6) is 0 Å². The van der Waals surface area contributed by atoms with Crippen LogP contribution in [-0.4, -0.2) is 11.2 Å². The van der Waals surface area contributed by atoms with Crippen LogP contribution in [0.4, 0.5) is 0 Å². The van der Waals surface area contributed by atoms with Gasteiger partial charge < -0.3 is 5.11 Å². The van der Waals surface area contributed by atoms with Crippen LogP contribution >= 0.6 is 0 Å². The van der Waals surface area contributed by atoms with Crippen LogP contribution in [0.3, 0.4) is 0 Å². The molecule has 1 aliphatic rings. The van der Waals surface area contributed by atoms with Gasteiger partial charge in [0.25, 0.3) is 0 Å². The fraction of sp³-hybridized carbons (Fsp3) is 1.00. The SMILES string of the molecule is CC(C)CC[C@H]1CCC[C@@H](O)C1. The van der Waals surface area contributed by atoms with E-state index < -0.39 is 0 Å². The summed E-state index contributed by atoms with van der Waals surface area (Å²) < 4.78 is 0. The lowest BCUT2D eigenvalue weighted by Crippen LogP contribution is -2.19. The third kappa shape index (κ3) is 3.57. The minimum absolute atomic E-state index is 0.0101. The summed E-state index contributed by atoms with van der Waals surface area (Å²) in [5, 5.41) is 9.44. The van der Waals surface area contributed by atoms with Crippen molar-refractivity contribution >= 4 is 0 Å². The lowest BCUT2D eigenvalue weighted by molar-refractivity contribution is 0.0964. The van der Waals surface area contributed by atoms with Crippen LogP contribution < -0.4 is 0 Å². The Hall–Kier alpha value is -0.0400. The molecule has 1 saturated carbocycles. The Bertz CT molecular complexity index is 120. The molecule has 1 fully saturated rings. The number of rotatable bonds is 3. The van der Waals surface area contributed by atoms with Gasteiger partial charge in [0, 0.05) is 0 Å². The molecule has 0 spiro atoms. The van der Waals surface area contributed by atoms with Crippen molar-refractivity contribution in [1.29, 1.82) is 0 Å². The summed E-state index contributed by atoms with van der Waals surface area (Å²) in [5.74, 6) is 1.64. The summed E-state index contributed by atoms with van der Waals surface area (Å²) in [4.78, 5) is 0. The quantitative estimate of drug-likeness (QED) is 0.690. The molecule has 1 rings (SSSR count). The van der Waals surface area contributed by atoms with Crippen LogP contribution in [0.1, 0.15) is 52.4 Å². The molecule has 0 unspecified atom stereocenters. The van der Waals surface area contributed by atoms with Gasteiger partial charge in [-0.3, -0.25) is 0 Å². The van der Waals surface area contributed by atoms with Crippen LogP contribution in [0.2, 0.25) is 0 Å². The van der Waals surface area contributed by atoms with E-state index in [-0.39, 0.29) is 6.10 Å². The maximum Gasteiger partial charge on any atom is 0.0542 e. The van der Waals surface area contributed by atoms with Gasteiger partial charge in [-0.05, 0) is 24.7 Å². The third-order valence-corrected chi connectivity index (χ3v) is 2.91. The number of hydrogen-bond donors (Lipinski definition) is 1. The molecule has 0 aromatic rings. The molecule has 0 aromatic carbocycles. The van der Waals surface area contributed by atoms with Gasteiger partial charge in [0.15, 0.2) is 0 Å². The smallest absolute Gasteiger partial charge is 0.0542 e. The highest BCUT2D eigenvalue weighted by Gasteiger charge is 2.19. The van der Waals surface area contributed by atoms with E-state index >= 15 is 0 Å². The molecule has 1 aliphatic carbocycles. The predicted octanol–water partition coefficient (Wildman–Crippen LogP) is 2.97. The van der Waals surface area contributed by atoms with E-state index in [4.69, 9.17) is 0 Å². The Balaban J connectivity index is 2.14. The van der Waals surface area contributed by atoms with Gasteiger partial charge in [-0.1, -0.05) is 39.5 Å². The van der Waals surface area contributed by atoms with E-state index in [0.29, 0.717) is 0 Å². The van der Waals surface area contributed by atoms with Gasteiger partial charge in [-0.2, -0.15) is 0 Å². The van der Waals surface area contributed by atoms with Gasteiger partial charge in [0.2, 0.25) is 0 Å². The second-order valence-electron chi connectivity index (χ2n) is 4.66. The molecule has 0 aromatic heterocycles. The first-order valence-corrected chi connectivity index (χ1v) is 5.36. The zero-order valence-electron chi connectivity index (χ0n) is 8.42. The fourth-order valence-electron chi connectivity index (χ4n) is 2.09. The van der Waals surface area contributed by atoms with Crippen LogP contribution in [0.25, 0.3) is 0 Å². The molecule has 0 heterocycles. The van der Waals surface area contributed by atoms with Crippen LogP contribution in [0, 0.1) is 11.8 Å². The highest BCUT2D eigenvalue weighted by Crippen LogP contribution is 2.28. The maximum atomic E-state index is 9.44. The van der Waals surface area contributed by atoms with E-state index in [1.807, 2.05) is 0 Å². The Morgan fingerprint density at radius 1 is 1.33 bits per heavy atom. The number of aliphatic hydroxyl groups is 1. The lowest BCUT2D eigenvalue weighted by atomic mass is 9.83. The van der Waals surface area contributed by atoms with E-state index in [1.165, 1.54) is 25.7 Å². The van der Waals surface area contributed by atoms with Crippen LogP contribution in [-0.2, 0) is 0 Å². The van der Waals surface area contributed by atoms with Crippen LogP contribution in [0.15, 0.2) is 0 Å². The third-order valence-electron chi connectivity index (χ3n) is 2.91. The Morgan fingerprint density at radius 2 is 2.08 bits per heavy atom. The fourth-order valence-corrected chi connectivity index (χ4v) is 2.09. The first kappa shape index (κ1) is 10.0. The molecular formula is C11H22O. The minimum Gasteiger partial charge on any atom is -0.393 e. The van der Waals surface area contributed by atoms with Crippen molar-refractivity contribution in [1.82, 2.24) is 0 Å². The second-order valence-corrected chi connectivity index (χ2v) is 4.66. The molecule has 1 N–H and O–H groups in total. The van der Waals surface area contributed by atoms with E-state index in [0.717, 1.165) is 24.7 Å². The van der Waals surface area contributed by atoms with Crippen molar-refractivity contribution in [3.63, 3.8) is 0 Å². The van der Waals surface area contributed by atoms with E-state index in [1.54, 1.807) is 0 Å². The summed E-state index contributed by atoms with van der Waals surface area (Å²) in [6, 6.07) is 0. The average Bonchev–Trinajstić information content (AvgIpc) is 2.01. The lowest BCUT2D eigenvalue weighted by Gasteiger charge is -2.26. The van der Waals surface area contributed by atoms with Gasteiger partial charge in [0.05, 0.1) is 6.10 Å². The molecule has 0 radical (unpaired) electrons. The molecule has 1 heteroatoms. The molecule has 2 atom stereocenters. The van der Waals surface area contributed by atoms with Crippen molar-refractivity contribution in [3.05, 3.63) is 0 Å². The Kier molecular flexibility index (Phi) is 4.07. The average molecular weight is 170 g/mol. The van der Waals surface area contributed by atoms with Crippen molar-refractivity contribution in [2.75, 3.05) is 0 Å². The summed E-state index contributed by atoms with van der Waals surface area (Å²) in [6.07, 6.45) is 7.36. The normalized spacial score (nSPS) is 31.0. The number of aliphatic hydroxyl groups excluding tert-OH is 1. The van der Waals surface area contributed by atoms with Crippen molar-refractivity contribution in [2.24, 2.45) is 11.8 Å². The molecule has 0 saturated heterocycles. The first-order chi connectivity index (χ1) is 5.68. The molecule has 12 heavy (non-hydrogen) atoms. The van der Waals surface area contributed by atoms with E-state index in [9.17, 15) is 5.11 Å². The van der Waals surface area contributed by atoms with Gasteiger partial charge in [0.1, 0.15) is 0 Å². The molecule has 0 amide bonds. The summed E-state index contributed by atoms with van der Waals surface area (Å²) in [7, 11) is 0. The first-order valence-electron chi connectivity index (χ1n) is 5.36. The molecule has 72 valence electrons. The largest absolute Gasteiger partial charge is 0.393 e. The highest BCUT2D eigenvalue weighted by molar-refractivity contribution is 4.72. The highest BCUT2D eigenvalue weighted by atomic mass is 16.3.